The quantitative estimate of drug-likeness (QED) is 0.800. The van der Waals surface area contributed by atoms with Crippen molar-refractivity contribution in [1.82, 2.24) is 10.3 Å². The molecule has 1 atom stereocenters. The summed E-state index contributed by atoms with van der Waals surface area (Å²) in [6.45, 7) is 7.31. The molecule has 3 heteroatoms. The largest absolute Gasteiger partial charge is 0.311 e. The molecule has 1 unspecified atom stereocenters. The number of nitrogens with zero attached hydrogens (tertiary/aromatic N) is 1. The fourth-order valence-electron chi connectivity index (χ4n) is 1.09. The van der Waals surface area contributed by atoms with E-state index in [2.05, 4.69) is 36.3 Å². The number of hydrogen-bond acceptors (Lipinski definition) is 3. The first-order chi connectivity index (χ1) is 6.24. The minimum absolute atomic E-state index is 0.437. The maximum absolute atomic E-state index is 4.19. The van der Waals surface area contributed by atoms with Crippen LogP contribution in [0.15, 0.2) is 11.6 Å². The van der Waals surface area contributed by atoms with Crippen molar-refractivity contribution in [2.24, 2.45) is 0 Å². The van der Waals surface area contributed by atoms with Crippen molar-refractivity contribution >= 4 is 17.4 Å². The summed E-state index contributed by atoms with van der Waals surface area (Å²) < 4.78 is 0. The van der Waals surface area contributed by atoms with Gasteiger partial charge in [0.1, 0.15) is 0 Å². The molecule has 0 aliphatic heterocycles. The van der Waals surface area contributed by atoms with E-state index in [1.54, 1.807) is 11.3 Å². The van der Waals surface area contributed by atoms with Gasteiger partial charge in [0, 0.05) is 10.9 Å². The summed E-state index contributed by atoms with van der Waals surface area (Å²) in [6, 6.07) is 0.437. The highest BCUT2D eigenvalue weighted by atomic mass is 32.1. The fourth-order valence-corrected chi connectivity index (χ4v) is 1.80. The van der Waals surface area contributed by atoms with Gasteiger partial charge in [-0.05, 0) is 26.5 Å². The van der Waals surface area contributed by atoms with Crippen LogP contribution in [-0.4, -0.2) is 17.6 Å². The number of rotatable bonds is 4. The van der Waals surface area contributed by atoms with Gasteiger partial charge >= 0.3 is 0 Å². The predicted octanol–water partition coefficient (Wildman–Crippen LogP) is 2.46. The zero-order valence-electron chi connectivity index (χ0n) is 8.37. The van der Waals surface area contributed by atoms with Crippen LogP contribution >= 0.6 is 11.3 Å². The molecule has 1 heterocycles. The molecular formula is C10H16N2S. The maximum Gasteiger partial charge on any atom is 0.0801 e. The van der Waals surface area contributed by atoms with Gasteiger partial charge in [-0.1, -0.05) is 13.0 Å². The summed E-state index contributed by atoms with van der Waals surface area (Å²) in [5.74, 6) is 0. The third kappa shape index (κ3) is 3.28. The van der Waals surface area contributed by atoms with Crippen LogP contribution in [0.25, 0.3) is 6.08 Å². The molecule has 0 fully saturated rings. The first-order valence-corrected chi connectivity index (χ1v) is 5.43. The molecule has 1 N–H and O–H groups in total. The van der Waals surface area contributed by atoms with E-state index in [-0.39, 0.29) is 0 Å². The van der Waals surface area contributed by atoms with Gasteiger partial charge in [-0.25, -0.2) is 4.98 Å². The summed E-state index contributed by atoms with van der Waals surface area (Å²) >= 11 is 1.68. The Bertz CT molecular complexity index is 278. The second-order valence-corrected chi connectivity index (χ2v) is 3.89. The van der Waals surface area contributed by atoms with Crippen LogP contribution in [0.2, 0.25) is 0 Å². The molecule has 0 saturated heterocycles. The van der Waals surface area contributed by atoms with Crippen LogP contribution in [0.4, 0.5) is 0 Å². The minimum atomic E-state index is 0.437. The van der Waals surface area contributed by atoms with E-state index >= 15 is 0 Å². The molecule has 1 aromatic rings. The Morgan fingerprint density at radius 3 is 3.00 bits per heavy atom. The summed E-state index contributed by atoms with van der Waals surface area (Å²) in [5, 5.41) is 3.32. The van der Waals surface area contributed by atoms with Crippen molar-refractivity contribution in [3.63, 3.8) is 0 Å². The Hall–Kier alpha value is -0.670. The van der Waals surface area contributed by atoms with Crippen LogP contribution in [0, 0.1) is 6.92 Å². The summed E-state index contributed by atoms with van der Waals surface area (Å²) in [6.07, 6.45) is 4.31. The molecule has 0 aliphatic rings. The average Bonchev–Trinajstić information content (AvgIpc) is 2.48. The van der Waals surface area contributed by atoms with E-state index in [9.17, 15) is 0 Å². The molecule has 0 aliphatic carbocycles. The Morgan fingerprint density at radius 2 is 2.46 bits per heavy atom. The lowest BCUT2D eigenvalue weighted by Gasteiger charge is -2.04. The molecule has 13 heavy (non-hydrogen) atoms. The Morgan fingerprint density at radius 1 is 1.69 bits per heavy atom. The molecule has 0 radical (unpaired) electrons. The van der Waals surface area contributed by atoms with Gasteiger partial charge in [0.05, 0.1) is 11.2 Å². The lowest BCUT2D eigenvalue weighted by molar-refractivity contribution is 0.663. The van der Waals surface area contributed by atoms with Gasteiger partial charge in [0.2, 0.25) is 0 Å². The minimum Gasteiger partial charge on any atom is -0.311 e. The Labute approximate surface area is 83.7 Å². The van der Waals surface area contributed by atoms with E-state index in [0.29, 0.717) is 6.04 Å². The van der Waals surface area contributed by atoms with E-state index in [4.69, 9.17) is 0 Å². The molecule has 0 bridgehead atoms. The molecular weight excluding hydrogens is 180 g/mol. The van der Waals surface area contributed by atoms with Crippen LogP contribution in [-0.2, 0) is 0 Å². The highest BCUT2D eigenvalue weighted by Gasteiger charge is 1.97. The third-order valence-corrected chi connectivity index (χ3v) is 2.74. The second kappa shape index (κ2) is 5.14. The lowest BCUT2D eigenvalue weighted by Crippen LogP contribution is -2.22. The molecule has 0 aromatic carbocycles. The highest BCUT2D eigenvalue weighted by Crippen LogP contribution is 2.13. The highest BCUT2D eigenvalue weighted by molar-refractivity contribution is 7.10. The predicted molar refractivity (Wildman–Crippen MR) is 59.0 cm³/mol. The number of aromatic nitrogens is 1. The topological polar surface area (TPSA) is 24.9 Å². The molecule has 0 saturated carbocycles. The monoisotopic (exact) mass is 196 g/mol. The molecule has 1 aromatic heterocycles. The van der Waals surface area contributed by atoms with Gasteiger partial charge in [-0.15, -0.1) is 11.3 Å². The Balaban J connectivity index is 2.53. The second-order valence-electron chi connectivity index (χ2n) is 3.01. The van der Waals surface area contributed by atoms with E-state index in [0.717, 1.165) is 12.2 Å². The number of likely N-dealkylation sites (N-methyl/N-ethyl adjacent to an activating group) is 1. The summed E-state index contributed by atoms with van der Waals surface area (Å²) in [5.41, 5.74) is 3.00. The van der Waals surface area contributed by atoms with Crippen LogP contribution in [0.1, 0.15) is 24.4 Å². The first kappa shape index (κ1) is 10.4. The maximum atomic E-state index is 4.19. The van der Waals surface area contributed by atoms with Crippen LogP contribution < -0.4 is 5.32 Å². The molecule has 2 nitrogen and oxygen atoms in total. The van der Waals surface area contributed by atoms with Gasteiger partial charge in [0.15, 0.2) is 0 Å². The third-order valence-electron chi connectivity index (χ3n) is 1.84. The number of aryl methyl sites for hydroxylation is 1. The van der Waals surface area contributed by atoms with Crippen LogP contribution in [0.5, 0.6) is 0 Å². The zero-order valence-corrected chi connectivity index (χ0v) is 9.19. The smallest absolute Gasteiger partial charge is 0.0801 e. The number of hydrogen-bond donors (Lipinski definition) is 1. The normalized spacial score (nSPS) is 13.8. The first-order valence-electron chi connectivity index (χ1n) is 4.55. The average molecular weight is 196 g/mol. The fraction of sp³-hybridized carbons (Fsp3) is 0.500. The van der Waals surface area contributed by atoms with E-state index < -0.39 is 0 Å². The lowest BCUT2D eigenvalue weighted by atomic mass is 10.2. The summed E-state index contributed by atoms with van der Waals surface area (Å²) in [4.78, 5) is 5.44. The summed E-state index contributed by atoms with van der Waals surface area (Å²) in [7, 11) is 0. The standard InChI is InChI=1S/C10H16N2S/c1-4-11-8(2)5-6-10-9(3)12-7-13-10/h5-8,11H,4H2,1-3H3/b6-5+. The number of nitrogens with one attached hydrogen (secondary N) is 1. The van der Waals surface area contributed by atoms with E-state index in [1.807, 2.05) is 12.4 Å². The van der Waals surface area contributed by atoms with Crippen molar-refractivity contribution in [1.29, 1.82) is 0 Å². The molecule has 0 spiro atoms. The zero-order chi connectivity index (χ0) is 9.68. The number of thiazole rings is 1. The van der Waals surface area contributed by atoms with Gasteiger partial charge in [0.25, 0.3) is 0 Å². The van der Waals surface area contributed by atoms with Crippen molar-refractivity contribution in [2.45, 2.75) is 26.8 Å². The molecule has 72 valence electrons. The van der Waals surface area contributed by atoms with Crippen molar-refractivity contribution < 1.29 is 0 Å². The molecule has 1 rings (SSSR count). The van der Waals surface area contributed by atoms with Crippen molar-refractivity contribution in [2.75, 3.05) is 6.54 Å². The van der Waals surface area contributed by atoms with Crippen molar-refractivity contribution in [3.05, 3.63) is 22.2 Å². The molecule has 0 amide bonds. The van der Waals surface area contributed by atoms with E-state index in [1.165, 1.54) is 4.88 Å². The van der Waals surface area contributed by atoms with Gasteiger partial charge in [-0.3, -0.25) is 0 Å². The Kier molecular flexibility index (Phi) is 4.12. The van der Waals surface area contributed by atoms with Gasteiger partial charge in [-0.2, -0.15) is 0 Å². The van der Waals surface area contributed by atoms with Gasteiger partial charge < -0.3 is 5.32 Å². The SMILES string of the molecule is CCNC(C)/C=C/c1scnc1C. The van der Waals surface area contributed by atoms with Crippen LogP contribution in [0.3, 0.4) is 0 Å². The van der Waals surface area contributed by atoms with Crippen molar-refractivity contribution in [3.8, 4) is 0 Å².